The van der Waals surface area contributed by atoms with Crippen LogP contribution in [0.2, 0.25) is 0 Å². The smallest absolute Gasteiger partial charge is 0.326 e. The minimum atomic E-state index is -1.34. The van der Waals surface area contributed by atoms with Crippen molar-refractivity contribution in [3.8, 4) is 0 Å². The van der Waals surface area contributed by atoms with Crippen LogP contribution in [0.3, 0.4) is 0 Å². The second-order valence-electron chi connectivity index (χ2n) is 15.4. The zero-order valence-corrected chi connectivity index (χ0v) is 34.8. The van der Waals surface area contributed by atoms with Crippen LogP contribution < -0.4 is 49.1 Å². The summed E-state index contributed by atoms with van der Waals surface area (Å²) in [4.78, 5) is 103. The quantitative estimate of drug-likeness (QED) is 0.0270. The third-order valence-electron chi connectivity index (χ3n) is 9.22. The standard InChI is InChI=1S/C37H66N12O9/c1-9-20(6)29(35(56)48-27(36(57)58)14-19(4)5)49-33(54)25(13-18(2)3)46-31(52)24(11-10-12-42-37(39)40)45-30(51)21(7)44-32(53)26(15-23-16-41-17-43-23)47-34(55)28(38)22(8)50/h16-22,24-29,50H,9-15,38H2,1-8H3,(H,41,43)(H,44,53)(H,45,51)(H,46,52)(H,47,55)(H,48,56)(H,49,54)(H,57,58)(H4,39,40,42)/t20-,21-,22+,24-,25-,26-,27-,28-,29-/m0/s1. The number of nitrogens with zero attached hydrogens (tertiary/aromatic N) is 2. The Morgan fingerprint density at radius 2 is 1.28 bits per heavy atom. The van der Waals surface area contributed by atoms with E-state index < -0.39 is 95.7 Å². The SMILES string of the molecule is CC[C@H](C)[C@H](NC(=O)[C@H](CC(C)C)NC(=O)[C@H](CCCN=C(N)N)NC(=O)[C@H](C)NC(=O)[C@H](Cc1cnc[nH]1)NC(=O)[C@@H](N)[C@@H](C)O)C(=O)N[C@@H](CC(C)C)C(=O)O. The van der Waals surface area contributed by atoms with Gasteiger partial charge in [-0.15, -0.1) is 0 Å². The Balaban J connectivity index is 3.30. The molecule has 328 valence electrons. The molecule has 1 aromatic heterocycles. The fourth-order valence-corrected chi connectivity index (χ4v) is 5.65. The molecule has 0 aliphatic carbocycles. The Hall–Kier alpha value is -5.31. The number of aromatic amines is 1. The van der Waals surface area contributed by atoms with Crippen LogP contribution in [-0.2, 0) is 40.0 Å². The van der Waals surface area contributed by atoms with E-state index in [4.69, 9.17) is 17.2 Å². The molecule has 0 bridgehead atoms. The van der Waals surface area contributed by atoms with Crippen molar-refractivity contribution in [1.29, 1.82) is 0 Å². The van der Waals surface area contributed by atoms with Gasteiger partial charge in [-0.2, -0.15) is 0 Å². The predicted molar refractivity (Wildman–Crippen MR) is 215 cm³/mol. The zero-order valence-electron chi connectivity index (χ0n) is 34.8. The number of aliphatic hydroxyl groups is 1. The minimum Gasteiger partial charge on any atom is -0.480 e. The number of aromatic nitrogens is 2. The number of aliphatic imine (C=N–C) groups is 1. The van der Waals surface area contributed by atoms with Crippen LogP contribution in [0.15, 0.2) is 17.5 Å². The van der Waals surface area contributed by atoms with E-state index in [0.29, 0.717) is 12.1 Å². The maximum atomic E-state index is 13.9. The molecular formula is C37H66N12O9. The molecule has 0 aliphatic rings. The molecule has 21 heteroatoms. The Kier molecular flexibility index (Phi) is 22.0. The first-order valence-corrected chi connectivity index (χ1v) is 19.6. The van der Waals surface area contributed by atoms with Crippen LogP contribution >= 0.6 is 0 Å². The molecule has 21 nitrogen and oxygen atoms in total. The Bertz CT molecular complexity index is 1530. The Labute approximate surface area is 339 Å². The van der Waals surface area contributed by atoms with Crippen molar-refractivity contribution < 1.29 is 43.8 Å². The van der Waals surface area contributed by atoms with E-state index in [9.17, 15) is 43.8 Å². The lowest BCUT2D eigenvalue weighted by atomic mass is 9.95. The molecule has 1 heterocycles. The highest BCUT2D eigenvalue weighted by Gasteiger charge is 2.35. The number of H-pyrrole nitrogens is 1. The summed E-state index contributed by atoms with van der Waals surface area (Å²) in [6.45, 7) is 13.6. The first kappa shape index (κ1) is 50.7. The maximum Gasteiger partial charge on any atom is 0.326 e. The first-order valence-electron chi connectivity index (χ1n) is 19.6. The Morgan fingerprint density at radius 1 is 0.741 bits per heavy atom. The summed E-state index contributed by atoms with van der Waals surface area (Å²) in [6.07, 6.45) is 2.55. The lowest BCUT2D eigenvalue weighted by molar-refractivity contribution is -0.143. The fourth-order valence-electron chi connectivity index (χ4n) is 5.65. The number of amides is 6. The molecule has 0 radical (unpaired) electrons. The van der Waals surface area contributed by atoms with Gasteiger partial charge in [0.25, 0.3) is 0 Å². The minimum absolute atomic E-state index is 0.00506. The van der Waals surface area contributed by atoms with Gasteiger partial charge in [0.05, 0.1) is 12.4 Å². The molecule has 0 saturated carbocycles. The molecule has 0 spiro atoms. The van der Waals surface area contributed by atoms with Gasteiger partial charge in [-0.3, -0.25) is 33.8 Å². The van der Waals surface area contributed by atoms with E-state index in [2.05, 4.69) is 46.9 Å². The zero-order chi connectivity index (χ0) is 44.3. The molecule has 1 rings (SSSR count). The van der Waals surface area contributed by atoms with Crippen LogP contribution in [0.4, 0.5) is 0 Å². The number of hydrogen-bond donors (Lipinski definition) is 12. The van der Waals surface area contributed by atoms with E-state index >= 15 is 0 Å². The van der Waals surface area contributed by atoms with Crippen LogP contribution in [0, 0.1) is 17.8 Å². The van der Waals surface area contributed by atoms with E-state index in [-0.39, 0.29) is 56.4 Å². The lowest BCUT2D eigenvalue weighted by Gasteiger charge is -2.29. The first-order chi connectivity index (χ1) is 27.1. The third kappa shape index (κ3) is 18.3. The van der Waals surface area contributed by atoms with Crippen LogP contribution in [0.5, 0.6) is 0 Å². The van der Waals surface area contributed by atoms with Gasteiger partial charge >= 0.3 is 5.97 Å². The average Bonchev–Trinajstić information content (AvgIpc) is 3.65. The summed E-state index contributed by atoms with van der Waals surface area (Å²) in [5.41, 5.74) is 17.1. The van der Waals surface area contributed by atoms with Gasteiger partial charge in [-0.1, -0.05) is 48.0 Å². The molecule has 0 saturated heterocycles. The molecule has 0 aromatic carbocycles. The number of nitrogens with one attached hydrogen (secondary N) is 7. The molecular weight excluding hydrogens is 756 g/mol. The highest BCUT2D eigenvalue weighted by molar-refractivity contribution is 5.97. The number of imidazole rings is 1. The molecule has 58 heavy (non-hydrogen) atoms. The summed E-state index contributed by atoms with van der Waals surface area (Å²) in [6, 6.07) is -8.56. The largest absolute Gasteiger partial charge is 0.480 e. The fraction of sp³-hybridized carbons (Fsp3) is 0.703. The van der Waals surface area contributed by atoms with Crippen molar-refractivity contribution in [2.24, 2.45) is 39.9 Å². The van der Waals surface area contributed by atoms with E-state index in [1.54, 1.807) is 6.92 Å². The van der Waals surface area contributed by atoms with Gasteiger partial charge in [-0.05, 0) is 57.3 Å². The average molecular weight is 823 g/mol. The van der Waals surface area contributed by atoms with Crippen molar-refractivity contribution in [1.82, 2.24) is 41.9 Å². The highest BCUT2D eigenvalue weighted by Crippen LogP contribution is 2.13. The Morgan fingerprint density at radius 3 is 1.79 bits per heavy atom. The van der Waals surface area contributed by atoms with E-state index in [1.165, 1.54) is 26.4 Å². The van der Waals surface area contributed by atoms with Crippen molar-refractivity contribution in [2.45, 2.75) is 142 Å². The van der Waals surface area contributed by atoms with Gasteiger partial charge in [-0.25, -0.2) is 9.78 Å². The number of carbonyl (C=O) groups excluding carboxylic acids is 6. The molecule has 0 fully saturated rings. The molecule has 6 amide bonds. The second-order valence-corrected chi connectivity index (χ2v) is 15.4. The van der Waals surface area contributed by atoms with E-state index in [0.717, 1.165) is 0 Å². The van der Waals surface area contributed by atoms with Gasteiger partial charge in [0, 0.05) is 24.9 Å². The number of nitrogens with two attached hydrogens (primary N) is 3. The number of carboxylic acids is 1. The normalized spacial score (nSPS) is 15.9. The van der Waals surface area contributed by atoms with Gasteiger partial charge in [0.2, 0.25) is 35.4 Å². The van der Waals surface area contributed by atoms with Crippen LogP contribution in [-0.4, -0.2) is 122 Å². The number of carboxylic acid groups (broad SMARTS) is 1. The van der Waals surface area contributed by atoms with Crippen molar-refractivity contribution in [3.63, 3.8) is 0 Å². The summed E-state index contributed by atoms with van der Waals surface area (Å²) in [5, 5.41) is 35.1. The van der Waals surface area contributed by atoms with E-state index in [1.807, 2.05) is 34.6 Å². The topological polar surface area (TPSA) is 351 Å². The van der Waals surface area contributed by atoms with Crippen LogP contribution in [0.1, 0.15) is 93.2 Å². The maximum absolute atomic E-state index is 13.9. The summed E-state index contributed by atoms with van der Waals surface area (Å²) >= 11 is 0. The highest BCUT2D eigenvalue weighted by atomic mass is 16.4. The number of guanidine groups is 1. The lowest BCUT2D eigenvalue weighted by Crippen LogP contribution is -2.60. The monoisotopic (exact) mass is 823 g/mol. The number of hydrogen-bond acceptors (Lipinski definition) is 11. The van der Waals surface area contributed by atoms with Gasteiger partial charge in [0.1, 0.15) is 42.3 Å². The van der Waals surface area contributed by atoms with Crippen LogP contribution in [0.25, 0.3) is 0 Å². The molecule has 15 N–H and O–H groups in total. The number of rotatable bonds is 26. The number of aliphatic hydroxyl groups excluding tert-OH is 1. The summed E-state index contributed by atoms with van der Waals surface area (Å²) < 4.78 is 0. The molecule has 9 atom stereocenters. The molecule has 0 unspecified atom stereocenters. The summed E-state index contributed by atoms with van der Waals surface area (Å²) in [5.74, 6) is -6.43. The molecule has 0 aliphatic heterocycles. The van der Waals surface area contributed by atoms with Gasteiger partial charge in [0.15, 0.2) is 5.96 Å². The number of aliphatic carboxylic acids is 1. The van der Waals surface area contributed by atoms with Gasteiger partial charge < -0.3 is 64.3 Å². The second kappa shape index (κ2) is 25.1. The van der Waals surface area contributed by atoms with Crippen molar-refractivity contribution in [2.75, 3.05) is 6.54 Å². The molecule has 1 aromatic rings. The predicted octanol–water partition coefficient (Wildman–Crippen LogP) is -2.13. The third-order valence-corrected chi connectivity index (χ3v) is 9.22. The van der Waals surface area contributed by atoms with Crippen molar-refractivity contribution >= 4 is 47.4 Å². The number of carbonyl (C=O) groups is 7. The van der Waals surface area contributed by atoms with Crippen molar-refractivity contribution in [3.05, 3.63) is 18.2 Å². The summed E-state index contributed by atoms with van der Waals surface area (Å²) in [7, 11) is 0.